The van der Waals surface area contributed by atoms with E-state index in [1.807, 2.05) is 83.7 Å². The minimum absolute atomic E-state index is 0.230. The first kappa shape index (κ1) is 20.1. The second kappa shape index (κ2) is 8.74. The molecule has 0 fully saturated rings. The van der Waals surface area contributed by atoms with Gasteiger partial charge in [-0.3, -0.25) is 10.1 Å². The summed E-state index contributed by atoms with van der Waals surface area (Å²) in [4.78, 5) is 12.5. The summed E-state index contributed by atoms with van der Waals surface area (Å²) in [5.41, 5.74) is 3.96. The summed E-state index contributed by atoms with van der Waals surface area (Å²) in [5.74, 6) is -0.230. The highest BCUT2D eigenvalue weighted by molar-refractivity contribution is 7.18. The third-order valence-electron chi connectivity index (χ3n) is 4.76. The summed E-state index contributed by atoms with van der Waals surface area (Å²) in [5, 5.41) is 17.8. The Kier molecular flexibility index (Phi) is 5.49. The van der Waals surface area contributed by atoms with E-state index in [0.717, 1.165) is 22.5 Å². The number of benzene rings is 3. The number of carbonyl (C=O) groups excluding carboxylic acids is 1. The first-order chi connectivity index (χ1) is 15.7. The van der Waals surface area contributed by atoms with Gasteiger partial charge >= 0.3 is 0 Å². The highest BCUT2D eigenvalue weighted by Gasteiger charge is 2.19. The maximum absolute atomic E-state index is 12.5. The Balaban J connectivity index is 1.52. The Labute approximate surface area is 193 Å². The number of amides is 1. The molecule has 0 aliphatic carbocycles. The molecule has 0 unspecified atom stereocenters. The highest BCUT2D eigenvalue weighted by Crippen LogP contribution is 2.35. The number of carbonyl (C=O) groups is 1. The fourth-order valence-corrected chi connectivity index (χ4v) is 4.08. The number of anilines is 1. The van der Waals surface area contributed by atoms with Crippen LogP contribution in [0.5, 0.6) is 0 Å². The van der Waals surface area contributed by atoms with Crippen LogP contribution in [0.2, 0.25) is 5.02 Å². The van der Waals surface area contributed by atoms with E-state index in [1.165, 1.54) is 11.3 Å². The molecule has 0 saturated heterocycles. The van der Waals surface area contributed by atoms with E-state index < -0.39 is 0 Å². The van der Waals surface area contributed by atoms with Gasteiger partial charge < -0.3 is 0 Å². The van der Waals surface area contributed by atoms with Crippen molar-refractivity contribution < 1.29 is 4.79 Å². The van der Waals surface area contributed by atoms with E-state index in [4.69, 9.17) is 16.7 Å². The molecule has 8 heteroatoms. The number of nitrogens with one attached hydrogen (secondary N) is 1. The van der Waals surface area contributed by atoms with Gasteiger partial charge in [0.05, 0.1) is 11.3 Å². The number of aromatic nitrogens is 4. The van der Waals surface area contributed by atoms with E-state index in [-0.39, 0.29) is 5.91 Å². The second-order valence-corrected chi connectivity index (χ2v) is 8.32. The average Bonchev–Trinajstić information content (AvgIpc) is 3.48. The zero-order chi connectivity index (χ0) is 21.9. The summed E-state index contributed by atoms with van der Waals surface area (Å²) in [6.07, 6.45) is 1.92. The van der Waals surface area contributed by atoms with Gasteiger partial charge in [0.25, 0.3) is 5.91 Å². The van der Waals surface area contributed by atoms with Crippen molar-refractivity contribution in [2.45, 2.75) is 0 Å². The molecule has 3 aromatic carbocycles. The van der Waals surface area contributed by atoms with Crippen molar-refractivity contribution >= 4 is 34.0 Å². The second-order valence-electron chi connectivity index (χ2n) is 6.91. The molecule has 5 rings (SSSR count). The smallest absolute Gasteiger partial charge is 0.257 e. The van der Waals surface area contributed by atoms with Gasteiger partial charge in [-0.1, -0.05) is 71.5 Å². The Bertz CT molecular complexity index is 1360. The number of halogens is 1. The third-order valence-corrected chi connectivity index (χ3v) is 5.89. The van der Waals surface area contributed by atoms with Gasteiger partial charge in [-0.05, 0) is 36.4 Å². The van der Waals surface area contributed by atoms with Crippen molar-refractivity contribution in [3.63, 3.8) is 0 Å². The molecular weight excluding hydrogens is 442 g/mol. The lowest BCUT2D eigenvalue weighted by Crippen LogP contribution is -2.11. The largest absolute Gasteiger partial charge is 0.296 e. The summed E-state index contributed by atoms with van der Waals surface area (Å²) >= 11 is 7.37. The molecule has 156 valence electrons. The topological polar surface area (TPSA) is 72.7 Å². The van der Waals surface area contributed by atoms with Crippen LogP contribution in [0, 0.1) is 0 Å². The van der Waals surface area contributed by atoms with Crippen molar-refractivity contribution in [3.8, 4) is 27.5 Å². The maximum atomic E-state index is 12.5. The van der Waals surface area contributed by atoms with E-state index in [9.17, 15) is 4.79 Å². The molecule has 0 atom stereocenters. The van der Waals surface area contributed by atoms with Crippen LogP contribution < -0.4 is 5.32 Å². The normalized spacial score (nSPS) is 10.8. The molecule has 2 aromatic heterocycles. The van der Waals surface area contributed by atoms with Gasteiger partial charge in [-0.25, -0.2) is 4.68 Å². The van der Waals surface area contributed by atoms with Crippen LogP contribution in [0.15, 0.2) is 91.1 Å². The molecule has 2 heterocycles. The highest BCUT2D eigenvalue weighted by atomic mass is 35.5. The lowest BCUT2D eigenvalue weighted by molar-refractivity contribution is 0.102. The Morgan fingerprint density at radius 2 is 1.56 bits per heavy atom. The minimum Gasteiger partial charge on any atom is -0.296 e. The summed E-state index contributed by atoms with van der Waals surface area (Å²) in [6, 6.07) is 26.3. The molecule has 1 amide bonds. The Morgan fingerprint density at radius 3 is 2.28 bits per heavy atom. The molecule has 0 aliphatic heterocycles. The van der Waals surface area contributed by atoms with Gasteiger partial charge in [0.2, 0.25) is 5.13 Å². The standard InChI is InChI=1S/C24H16ClN5OS/c25-18-13-11-16(12-14-18)21-20(15-30(29-21)19-9-5-2-6-10-19)23-27-28-24(32-23)26-22(31)17-7-3-1-4-8-17/h1-15H,(H,26,28,31). The summed E-state index contributed by atoms with van der Waals surface area (Å²) < 4.78 is 1.81. The third kappa shape index (κ3) is 4.16. The van der Waals surface area contributed by atoms with Gasteiger partial charge in [-0.15, -0.1) is 10.2 Å². The van der Waals surface area contributed by atoms with Crippen molar-refractivity contribution in [3.05, 3.63) is 102 Å². The Hall–Kier alpha value is -3.81. The summed E-state index contributed by atoms with van der Waals surface area (Å²) in [7, 11) is 0. The number of hydrogen-bond acceptors (Lipinski definition) is 5. The van der Waals surface area contributed by atoms with Crippen LogP contribution in [-0.2, 0) is 0 Å². The van der Waals surface area contributed by atoms with E-state index >= 15 is 0 Å². The lowest BCUT2D eigenvalue weighted by atomic mass is 10.1. The minimum atomic E-state index is -0.230. The molecule has 0 spiro atoms. The van der Waals surface area contributed by atoms with Crippen molar-refractivity contribution in [1.29, 1.82) is 0 Å². The number of para-hydroxylation sites is 1. The average molecular weight is 458 g/mol. The molecule has 0 bridgehead atoms. The predicted octanol–water partition coefficient (Wildman–Crippen LogP) is 5.96. The van der Waals surface area contributed by atoms with Crippen LogP contribution in [0.3, 0.4) is 0 Å². The predicted molar refractivity (Wildman–Crippen MR) is 127 cm³/mol. The van der Waals surface area contributed by atoms with Gasteiger partial charge in [0.1, 0.15) is 5.69 Å². The number of hydrogen-bond donors (Lipinski definition) is 1. The monoisotopic (exact) mass is 457 g/mol. The SMILES string of the molecule is O=C(Nc1nnc(-c2cn(-c3ccccc3)nc2-c2ccc(Cl)cc2)s1)c1ccccc1. The lowest BCUT2D eigenvalue weighted by Gasteiger charge is -2.01. The fraction of sp³-hybridized carbons (Fsp3) is 0. The fourth-order valence-electron chi connectivity index (χ4n) is 3.21. The van der Waals surface area contributed by atoms with Crippen LogP contribution >= 0.6 is 22.9 Å². The number of nitrogens with zero attached hydrogens (tertiary/aromatic N) is 4. The molecular formula is C24H16ClN5OS. The quantitative estimate of drug-likeness (QED) is 0.353. The van der Waals surface area contributed by atoms with E-state index in [1.54, 1.807) is 12.1 Å². The van der Waals surface area contributed by atoms with Crippen molar-refractivity contribution in [2.75, 3.05) is 5.32 Å². The molecule has 32 heavy (non-hydrogen) atoms. The van der Waals surface area contributed by atoms with Gasteiger partial charge in [0.15, 0.2) is 5.01 Å². The first-order valence-corrected chi connectivity index (χ1v) is 11.0. The summed E-state index contributed by atoms with van der Waals surface area (Å²) in [6.45, 7) is 0. The Morgan fingerprint density at radius 1 is 0.875 bits per heavy atom. The van der Waals surface area contributed by atoms with Crippen molar-refractivity contribution in [2.24, 2.45) is 0 Å². The van der Waals surface area contributed by atoms with Gasteiger partial charge in [-0.2, -0.15) is 5.10 Å². The maximum Gasteiger partial charge on any atom is 0.257 e. The van der Waals surface area contributed by atoms with Crippen LogP contribution in [0.1, 0.15) is 10.4 Å². The zero-order valence-corrected chi connectivity index (χ0v) is 18.2. The van der Waals surface area contributed by atoms with Gasteiger partial charge in [0, 0.05) is 22.3 Å². The molecule has 5 aromatic rings. The molecule has 0 aliphatic rings. The van der Waals surface area contributed by atoms with Crippen LogP contribution in [0.25, 0.3) is 27.5 Å². The van der Waals surface area contributed by atoms with Crippen LogP contribution in [0.4, 0.5) is 5.13 Å². The van der Waals surface area contributed by atoms with Crippen LogP contribution in [-0.4, -0.2) is 25.9 Å². The molecule has 0 radical (unpaired) electrons. The molecule has 0 saturated carbocycles. The van der Waals surface area contributed by atoms with Crippen molar-refractivity contribution in [1.82, 2.24) is 20.0 Å². The van der Waals surface area contributed by atoms with E-state index in [2.05, 4.69) is 15.5 Å². The first-order valence-electron chi connectivity index (χ1n) is 9.79. The molecule has 1 N–H and O–H groups in total. The molecule has 6 nitrogen and oxygen atoms in total. The van der Waals surface area contributed by atoms with E-state index in [0.29, 0.717) is 20.7 Å². The number of rotatable bonds is 5. The zero-order valence-electron chi connectivity index (χ0n) is 16.6.